The van der Waals surface area contributed by atoms with Gasteiger partial charge in [-0.25, -0.2) is 0 Å². The van der Waals surface area contributed by atoms with Gasteiger partial charge in [0.05, 0.1) is 19.8 Å². The molecule has 0 amide bonds. The summed E-state index contributed by atoms with van der Waals surface area (Å²) in [5.41, 5.74) is 3.50. The van der Waals surface area contributed by atoms with Crippen LogP contribution in [-0.2, 0) is 9.47 Å². The topological polar surface area (TPSA) is 27.7 Å². The predicted molar refractivity (Wildman–Crippen MR) is 142 cm³/mol. The number of rotatable bonds is 16. The summed E-state index contributed by atoms with van der Waals surface area (Å²) in [6.07, 6.45) is 15.3. The van der Waals surface area contributed by atoms with Gasteiger partial charge in [-0.1, -0.05) is 114 Å². The highest BCUT2D eigenvalue weighted by molar-refractivity contribution is 5.64. The normalized spacial score (nSPS) is 18.2. The number of hydrogen-bond donors (Lipinski definition) is 0. The van der Waals surface area contributed by atoms with E-state index in [4.69, 9.17) is 14.2 Å². The van der Waals surface area contributed by atoms with Gasteiger partial charge in [0.2, 0.25) is 0 Å². The third-order valence-corrected chi connectivity index (χ3v) is 6.82. The fourth-order valence-electron chi connectivity index (χ4n) is 4.59. The van der Waals surface area contributed by atoms with Crippen LogP contribution >= 0.6 is 0 Å². The van der Waals surface area contributed by atoms with Gasteiger partial charge < -0.3 is 14.2 Å². The smallest absolute Gasteiger partial charge is 0.183 e. The van der Waals surface area contributed by atoms with Crippen molar-refractivity contribution in [1.29, 1.82) is 0 Å². The highest BCUT2D eigenvalue weighted by atomic mass is 16.7. The Kier molecular flexibility index (Phi) is 12.6. The van der Waals surface area contributed by atoms with E-state index in [0.717, 1.165) is 37.6 Å². The number of unbranched alkanes of at least 4 members (excludes halogenated alkanes) is 9. The van der Waals surface area contributed by atoms with Crippen molar-refractivity contribution in [3.63, 3.8) is 0 Å². The fourth-order valence-corrected chi connectivity index (χ4v) is 4.59. The molecule has 2 aromatic carbocycles. The van der Waals surface area contributed by atoms with Crippen LogP contribution in [0.3, 0.4) is 0 Å². The molecule has 0 saturated carbocycles. The van der Waals surface area contributed by atoms with E-state index in [-0.39, 0.29) is 6.29 Å². The van der Waals surface area contributed by atoms with Crippen LogP contribution < -0.4 is 4.74 Å². The number of benzene rings is 2. The molecule has 0 spiro atoms. The van der Waals surface area contributed by atoms with E-state index in [0.29, 0.717) is 5.92 Å². The Bertz CT molecular complexity index is 760. The molecule has 0 aliphatic carbocycles. The lowest BCUT2D eigenvalue weighted by Crippen LogP contribution is -2.27. The Balaban J connectivity index is 1.37. The molecule has 0 atom stereocenters. The van der Waals surface area contributed by atoms with Gasteiger partial charge in [-0.05, 0) is 36.1 Å². The molecule has 0 radical (unpaired) electrons. The minimum atomic E-state index is -0.233. The zero-order chi connectivity index (χ0) is 23.8. The van der Waals surface area contributed by atoms with Gasteiger partial charge in [-0.3, -0.25) is 0 Å². The van der Waals surface area contributed by atoms with Crippen LogP contribution in [0, 0.1) is 5.92 Å². The first-order valence-corrected chi connectivity index (χ1v) is 13.9. The van der Waals surface area contributed by atoms with E-state index in [2.05, 4.69) is 62.4 Å². The lowest BCUT2D eigenvalue weighted by molar-refractivity contribution is -0.206. The largest absolute Gasteiger partial charge is 0.494 e. The highest BCUT2D eigenvalue weighted by Gasteiger charge is 2.23. The second-order valence-corrected chi connectivity index (χ2v) is 9.83. The third-order valence-electron chi connectivity index (χ3n) is 6.82. The highest BCUT2D eigenvalue weighted by Crippen LogP contribution is 2.30. The van der Waals surface area contributed by atoms with Crippen LogP contribution in [0.1, 0.15) is 103 Å². The lowest BCUT2D eigenvalue weighted by Gasteiger charge is -2.29. The average Bonchev–Trinajstić information content (AvgIpc) is 2.89. The van der Waals surface area contributed by atoms with Crippen LogP contribution in [0.2, 0.25) is 0 Å². The van der Waals surface area contributed by atoms with Crippen molar-refractivity contribution in [3.8, 4) is 16.9 Å². The van der Waals surface area contributed by atoms with E-state index in [1.165, 1.54) is 81.8 Å². The molecule has 3 rings (SSSR count). The van der Waals surface area contributed by atoms with Crippen LogP contribution in [-0.4, -0.2) is 19.8 Å². The Morgan fingerprint density at radius 2 is 1.18 bits per heavy atom. The standard InChI is InChI=1S/C31H46O3/c1-3-5-7-9-11-13-23-32-30-21-19-28(20-22-30)27-15-17-29(18-16-27)31-33-24-26(25-34-31)14-12-10-8-6-4-2/h15-22,26,31H,3-14,23-25H2,1-2H3. The van der Waals surface area contributed by atoms with E-state index in [1.807, 2.05) is 0 Å². The van der Waals surface area contributed by atoms with Gasteiger partial charge in [0.1, 0.15) is 5.75 Å². The van der Waals surface area contributed by atoms with E-state index in [9.17, 15) is 0 Å². The summed E-state index contributed by atoms with van der Waals surface area (Å²) in [7, 11) is 0. The van der Waals surface area contributed by atoms with Crippen molar-refractivity contribution in [2.45, 2.75) is 97.2 Å². The molecular formula is C31H46O3. The fraction of sp³-hybridized carbons (Fsp3) is 0.613. The summed E-state index contributed by atoms with van der Waals surface area (Å²) in [6.45, 7) is 6.94. The molecule has 1 aliphatic heterocycles. The molecule has 34 heavy (non-hydrogen) atoms. The van der Waals surface area contributed by atoms with Gasteiger partial charge in [-0.2, -0.15) is 0 Å². The van der Waals surface area contributed by atoms with Crippen LogP contribution in [0.25, 0.3) is 11.1 Å². The first kappa shape index (κ1) is 26.8. The maximum absolute atomic E-state index is 6.05. The second kappa shape index (κ2) is 15.9. The first-order chi connectivity index (χ1) is 16.8. The van der Waals surface area contributed by atoms with Gasteiger partial charge in [-0.15, -0.1) is 0 Å². The summed E-state index contributed by atoms with van der Waals surface area (Å²) in [5.74, 6) is 1.50. The Morgan fingerprint density at radius 1 is 0.647 bits per heavy atom. The Morgan fingerprint density at radius 3 is 1.79 bits per heavy atom. The molecule has 188 valence electrons. The van der Waals surface area contributed by atoms with Gasteiger partial charge in [0.25, 0.3) is 0 Å². The molecule has 0 N–H and O–H groups in total. The molecule has 0 unspecified atom stereocenters. The molecule has 0 aromatic heterocycles. The predicted octanol–water partition coefficient (Wildman–Crippen LogP) is 9.12. The van der Waals surface area contributed by atoms with Crippen molar-refractivity contribution >= 4 is 0 Å². The molecular weight excluding hydrogens is 420 g/mol. The van der Waals surface area contributed by atoms with Crippen molar-refractivity contribution in [2.75, 3.05) is 19.8 Å². The summed E-state index contributed by atoms with van der Waals surface area (Å²) in [6, 6.07) is 17.0. The molecule has 1 fully saturated rings. The van der Waals surface area contributed by atoms with Gasteiger partial charge >= 0.3 is 0 Å². The summed E-state index contributed by atoms with van der Waals surface area (Å²) >= 11 is 0. The SMILES string of the molecule is CCCCCCCCOc1ccc(-c2ccc(C3OCC(CCCCCCC)CO3)cc2)cc1. The second-order valence-electron chi connectivity index (χ2n) is 9.83. The molecule has 1 heterocycles. The molecule has 1 aliphatic rings. The van der Waals surface area contributed by atoms with Crippen molar-refractivity contribution in [2.24, 2.45) is 5.92 Å². The zero-order valence-electron chi connectivity index (χ0n) is 21.6. The minimum absolute atomic E-state index is 0.233. The van der Waals surface area contributed by atoms with Gasteiger partial charge in [0, 0.05) is 11.5 Å². The molecule has 2 aromatic rings. The number of hydrogen-bond acceptors (Lipinski definition) is 3. The summed E-state index contributed by atoms with van der Waals surface area (Å²) < 4.78 is 18.0. The minimum Gasteiger partial charge on any atom is -0.494 e. The zero-order valence-corrected chi connectivity index (χ0v) is 21.6. The van der Waals surface area contributed by atoms with E-state index < -0.39 is 0 Å². The molecule has 0 bridgehead atoms. The molecule has 3 heteroatoms. The van der Waals surface area contributed by atoms with Crippen LogP contribution in [0.5, 0.6) is 5.75 Å². The molecule has 3 nitrogen and oxygen atoms in total. The first-order valence-electron chi connectivity index (χ1n) is 13.9. The van der Waals surface area contributed by atoms with Crippen molar-refractivity contribution in [3.05, 3.63) is 54.1 Å². The number of ether oxygens (including phenoxy) is 3. The Hall–Kier alpha value is -1.84. The maximum atomic E-state index is 6.05. The van der Waals surface area contributed by atoms with Crippen molar-refractivity contribution in [1.82, 2.24) is 0 Å². The van der Waals surface area contributed by atoms with Crippen LogP contribution in [0.4, 0.5) is 0 Å². The molecule has 1 saturated heterocycles. The monoisotopic (exact) mass is 466 g/mol. The lowest BCUT2D eigenvalue weighted by atomic mass is 10.0. The van der Waals surface area contributed by atoms with Crippen LogP contribution in [0.15, 0.2) is 48.5 Å². The summed E-state index contributed by atoms with van der Waals surface area (Å²) in [5, 5.41) is 0. The summed E-state index contributed by atoms with van der Waals surface area (Å²) in [4.78, 5) is 0. The Labute approximate surface area is 208 Å². The van der Waals surface area contributed by atoms with E-state index in [1.54, 1.807) is 0 Å². The van der Waals surface area contributed by atoms with Crippen molar-refractivity contribution < 1.29 is 14.2 Å². The maximum Gasteiger partial charge on any atom is 0.183 e. The average molecular weight is 467 g/mol. The van der Waals surface area contributed by atoms with E-state index >= 15 is 0 Å². The third kappa shape index (κ3) is 9.43. The van der Waals surface area contributed by atoms with Gasteiger partial charge in [0.15, 0.2) is 6.29 Å². The quantitative estimate of drug-likeness (QED) is 0.231.